The Balaban J connectivity index is 2.20. The molecule has 0 bridgehead atoms. The van der Waals surface area contributed by atoms with Crippen LogP contribution in [-0.2, 0) is 6.54 Å². The van der Waals surface area contributed by atoms with Crippen molar-refractivity contribution in [1.82, 2.24) is 4.98 Å². The third kappa shape index (κ3) is 2.68. The van der Waals surface area contributed by atoms with Crippen LogP contribution in [0.1, 0.15) is 5.69 Å². The number of rotatable bonds is 4. The molecule has 2 rings (SSSR count). The number of hydrogen-bond acceptors (Lipinski definition) is 5. The SMILES string of the molecule is COc1ccc(N)c(N(C)Cc2cscn2)c1. The maximum atomic E-state index is 5.96. The average Bonchev–Trinajstić information content (AvgIpc) is 2.82. The van der Waals surface area contributed by atoms with Crippen molar-refractivity contribution >= 4 is 22.7 Å². The van der Waals surface area contributed by atoms with E-state index in [0.717, 1.165) is 29.4 Å². The molecule has 1 heterocycles. The molecule has 2 N–H and O–H groups in total. The summed E-state index contributed by atoms with van der Waals surface area (Å²) < 4.78 is 5.20. The predicted molar refractivity (Wildman–Crippen MR) is 71.6 cm³/mol. The molecule has 0 saturated heterocycles. The second kappa shape index (κ2) is 5.05. The molecule has 0 radical (unpaired) electrons. The number of nitrogens with two attached hydrogens (primary N) is 1. The number of nitrogens with zero attached hydrogens (tertiary/aromatic N) is 2. The van der Waals surface area contributed by atoms with Crippen LogP contribution >= 0.6 is 11.3 Å². The minimum atomic E-state index is 0.737. The Labute approximate surface area is 105 Å². The molecule has 2 aromatic rings. The van der Waals surface area contributed by atoms with Crippen molar-refractivity contribution in [1.29, 1.82) is 0 Å². The smallest absolute Gasteiger partial charge is 0.121 e. The van der Waals surface area contributed by atoms with Crippen molar-refractivity contribution in [2.45, 2.75) is 6.54 Å². The monoisotopic (exact) mass is 249 g/mol. The molecule has 17 heavy (non-hydrogen) atoms. The van der Waals surface area contributed by atoms with Crippen LogP contribution in [0.15, 0.2) is 29.1 Å². The van der Waals surface area contributed by atoms with E-state index < -0.39 is 0 Å². The lowest BCUT2D eigenvalue weighted by atomic mass is 10.2. The van der Waals surface area contributed by atoms with Crippen molar-refractivity contribution in [3.63, 3.8) is 0 Å². The van der Waals surface area contributed by atoms with Crippen molar-refractivity contribution in [3.8, 4) is 5.75 Å². The van der Waals surface area contributed by atoms with E-state index in [2.05, 4.69) is 9.88 Å². The standard InChI is InChI=1S/C12H15N3OS/c1-15(6-9-7-17-8-14-9)12-5-10(16-2)3-4-11(12)13/h3-5,7-8H,6,13H2,1-2H3. The topological polar surface area (TPSA) is 51.4 Å². The van der Waals surface area contributed by atoms with Gasteiger partial charge in [-0.3, -0.25) is 0 Å². The van der Waals surface area contributed by atoms with Gasteiger partial charge >= 0.3 is 0 Å². The first-order chi connectivity index (χ1) is 8.20. The van der Waals surface area contributed by atoms with Crippen LogP contribution in [0.5, 0.6) is 5.75 Å². The highest BCUT2D eigenvalue weighted by Crippen LogP contribution is 2.28. The highest BCUT2D eigenvalue weighted by Gasteiger charge is 2.08. The van der Waals surface area contributed by atoms with Crippen LogP contribution in [0, 0.1) is 0 Å². The second-order valence-corrected chi connectivity index (χ2v) is 4.48. The van der Waals surface area contributed by atoms with Gasteiger partial charge in [-0.2, -0.15) is 0 Å². The van der Waals surface area contributed by atoms with Gasteiger partial charge in [0.25, 0.3) is 0 Å². The summed E-state index contributed by atoms with van der Waals surface area (Å²) in [5.41, 5.74) is 10.5. The first-order valence-corrected chi connectivity index (χ1v) is 6.16. The van der Waals surface area contributed by atoms with E-state index in [1.165, 1.54) is 0 Å². The van der Waals surface area contributed by atoms with Crippen molar-refractivity contribution in [3.05, 3.63) is 34.8 Å². The molecule has 0 aliphatic rings. The maximum absolute atomic E-state index is 5.96. The summed E-state index contributed by atoms with van der Waals surface area (Å²) in [7, 11) is 3.64. The van der Waals surface area contributed by atoms with E-state index in [-0.39, 0.29) is 0 Å². The molecule has 4 nitrogen and oxygen atoms in total. The third-order valence-electron chi connectivity index (χ3n) is 2.53. The molecule has 90 valence electrons. The van der Waals surface area contributed by atoms with E-state index in [1.54, 1.807) is 18.4 Å². The molecule has 0 aliphatic heterocycles. The number of thiazole rings is 1. The van der Waals surface area contributed by atoms with Gasteiger partial charge in [0.1, 0.15) is 5.75 Å². The molecule has 5 heteroatoms. The molecule has 1 aromatic carbocycles. The fraction of sp³-hybridized carbons (Fsp3) is 0.250. The number of benzene rings is 1. The van der Waals surface area contributed by atoms with Crippen LogP contribution in [0.3, 0.4) is 0 Å². The summed E-state index contributed by atoms with van der Waals surface area (Å²) in [4.78, 5) is 6.32. The third-order valence-corrected chi connectivity index (χ3v) is 3.17. The van der Waals surface area contributed by atoms with E-state index in [4.69, 9.17) is 10.5 Å². The van der Waals surface area contributed by atoms with Gasteiger partial charge in [0, 0.05) is 18.5 Å². The lowest BCUT2D eigenvalue weighted by Gasteiger charge is -2.20. The highest BCUT2D eigenvalue weighted by atomic mass is 32.1. The zero-order chi connectivity index (χ0) is 12.3. The normalized spacial score (nSPS) is 10.2. The van der Waals surface area contributed by atoms with Gasteiger partial charge in [-0.05, 0) is 12.1 Å². The number of anilines is 2. The van der Waals surface area contributed by atoms with Gasteiger partial charge < -0.3 is 15.4 Å². The van der Waals surface area contributed by atoms with Crippen LogP contribution in [-0.4, -0.2) is 19.1 Å². The van der Waals surface area contributed by atoms with Gasteiger partial charge in [-0.15, -0.1) is 11.3 Å². The molecular weight excluding hydrogens is 234 g/mol. The summed E-state index contributed by atoms with van der Waals surface area (Å²) in [6.45, 7) is 0.737. The Morgan fingerprint density at radius 1 is 1.47 bits per heavy atom. The zero-order valence-corrected chi connectivity index (χ0v) is 10.7. The Kier molecular flexibility index (Phi) is 3.49. The minimum absolute atomic E-state index is 0.737. The Morgan fingerprint density at radius 3 is 2.94 bits per heavy atom. The fourth-order valence-electron chi connectivity index (χ4n) is 1.62. The number of methoxy groups -OCH3 is 1. The first-order valence-electron chi connectivity index (χ1n) is 5.22. The van der Waals surface area contributed by atoms with Crippen molar-refractivity contribution in [2.24, 2.45) is 0 Å². The van der Waals surface area contributed by atoms with Gasteiger partial charge in [-0.1, -0.05) is 0 Å². The highest BCUT2D eigenvalue weighted by molar-refractivity contribution is 7.07. The summed E-state index contributed by atoms with van der Waals surface area (Å²) in [5.74, 6) is 0.805. The predicted octanol–water partition coefficient (Wildman–Crippen LogP) is 2.37. The maximum Gasteiger partial charge on any atom is 0.121 e. The molecule has 0 saturated carbocycles. The second-order valence-electron chi connectivity index (χ2n) is 3.76. The van der Waals surface area contributed by atoms with E-state index >= 15 is 0 Å². The van der Waals surface area contributed by atoms with Gasteiger partial charge in [0.05, 0.1) is 36.2 Å². The molecule has 1 aromatic heterocycles. The van der Waals surface area contributed by atoms with E-state index in [9.17, 15) is 0 Å². The lowest BCUT2D eigenvalue weighted by Crippen LogP contribution is -2.18. The Morgan fingerprint density at radius 2 is 2.29 bits per heavy atom. The van der Waals surface area contributed by atoms with Crippen molar-refractivity contribution in [2.75, 3.05) is 24.8 Å². The Bertz CT molecular complexity index is 485. The summed E-state index contributed by atoms with van der Waals surface area (Å²) >= 11 is 1.59. The molecule has 0 amide bonds. The summed E-state index contributed by atoms with van der Waals surface area (Å²) in [6, 6.07) is 5.64. The molecule has 0 fully saturated rings. The van der Waals surface area contributed by atoms with E-state index in [1.807, 2.05) is 36.1 Å². The average molecular weight is 249 g/mol. The van der Waals surface area contributed by atoms with Crippen molar-refractivity contribution < 1.29 is 4.74 Å². The number of nitrogen functional groups attached to an aromatic ring is 1. The number of ether oxygens (including phenoxy) is 1. The fourth-order valence-corrected chi connectivity index (χ4v) is 2.17. The van der Waals surface area contributed by atoms with Gasteiger partial charge in [0.15, 0.2) is 0 Å². The van der Waals surface area contributed by atoms with E-state index in [0.29, 0.717) is 0 Å². The molecule has 0 aliphatic carbocycles. The minimum Gasteiger partial charge on any atom is -0.497 e. The van der Waals surface area contributed by atoms with Crippen LogP contribution in [0.25, 0.3) is 0 Å². The summed E-state index contributed by atoms with van der Waals surface area (Å²) in [5, 5.41) is 2.03. The van der Waals surface area contributed by atoms with Crippen LogP contribution in [0.2, 0.25) is 0 Å². The van der Waals surface area contributed by atoms with Gasteiger partial charge in [0.2, 0.25) is 0 Å². The first kappa shape index (κ1) is 11.7. The molecule has 0 atom stereocenters. The molecular formula is C12H15N3OS. The lowest BCUT2D eigenvalue weighted by molar-refractivity contribution is 0.415. The zero-order valence-electron chi connectivity index (χ0n) is 9.88. The van der Waals surface area contributed by atoms with Gasteiger partial charge in [-0.25, -0.2) is 4.98 Å². The Hall–Kier alpha value is -1.75. The molecule has 0 unspecified atom stereocenters. The number of aromatic nitrogens is 1. The molecule has 0 spiro atoms. The quantitative estimate of drug-likeness (QED) is 0.845. The van der Waals surface area contributed by atoms with Crippen LogP contribution < -0.4 is 15.4 Å². The summed E-state index contributed by atoms with van der Waals surface area (Å²) in [6.07, 6.45) is 0. The largest absolute Gasteiger partial charge is 0.497 e. The number of hydrogen-bond donors (Lipinski definition) is 1. The van der Waals surface area contributed by atoms with Crippen LogP contribution in [0.4, 0.5) is 11.4 Å².